The predicted molar refractivity (Wildman–Crippen MR) is 179 cm³/mol. The van der Waals surface area contributed by atoms with E-state index in [0.29, 0.717) is 32.8 Å². The van der Waals surface area contributed by atoms with Gasteiger partial charge in [0.25, 0.3) is 11.8 Å². The van der Waals surface area contributed by atoms with Gasteiger partial charge in [0.15, 0.2) is 0 Å². The maximum Gasteiger partial charge on any atom is 0.275 e. The predicted octanol–water partition coefficient (Wildman–Crippen LogP) is 6.34. The SMILES string of the molecule is CCCCCC(c1ccc(C(=O)NCC(N)=NNN)cc1)N1C(=O)C(c2cc(Cl)cc(Cl)c2)=NC12CCC(C(C)(C)C)CC2. The molecule has 1 aliphatic carbocycles. The van der Waals surface area contributed by atoms with Gasteiger partial charge in [0, 0.05) is 21.2 Å². The molecule has 1 fully saturated rings. The number of amidine groups is 1. The Morgan fingerprint density at radius 3 is 2.32 bits per heavy atom. The van der Waals surface area contributed by atoms with Crippen molar-refractivity contribution in [2.45, 2.75) is 90.8 Å². The van der Waals surface area contributed by atoms with E-state index in [2.05, 4.69) is 43.6 Å². The van der Waals surface area contributed by atoms with Gasteiger partial charge < -0.3 is 16.0 Å². The molecule has 0 saturated heterocycles. The molecule has 1 heterocycles. The molecule has 2 aromatic rings. The molecule has 2 amide bonds. The number of hydrogen-bond acceptors (Lipinski definition) is 6. The molecule has 2 aromatic carbocycles. The van der Waals surface area contributed by atoms with E-state index in [1.165, 1.54) is 0 Å². The highest BCUT2D eigenvalue weighted by Gasteiger charge is 2.52. The summed E-state index contributed by atoms with van der Waals surface area (Å²) in [6.07, 6.45) is 7.38. The molecule has 1 aliphatic heterocycles. The third-order valence-corrected chi connectivity index (χ3v) is 9.36. The number of hydrazine groups is 1. The van der Waals surface area contributed by atoms with Gasteiger partial charge in [-0.2, -0.15) is 5.10 Å². The molecule has 0 aromatic heterocycles. The first-order valence-electron chi connectivity index (χ1n) is 15.4. The van der Waals surface area contributed by atoms with E-state index in [1.807, 2.05) is 17.0 Å². The minimum absolute atomic E-state index is 0.0540. The molecule has 1 spiro atoms. The minimum atomic E-state index is -0.663. The first-order chi connectivity index (χ1) is 20.9. The van der Waals surface area contributed by atoms with Gasteiger partial charge in [0.05, 0.1) is 12.6 Å². The van der Waals surface area contributed by atoms with Gasteiger partial charge in [-0.25, -0.2) is 11.4 Å². The Bertz CT molecular complexity index is 1370. The van der Waals surface area contributed by atoms with E-state index in [0.717, 1.165) is 56.9 Å². The first-order valence-corrected chi connectivity index (χ1v) is 16.2. The molecule has 6 N–H and O–H groups in total. The van der Waals surface area contributed by atoms with Crippen LogP contribution in [0, 0.1) is 11.3 Å². The number of benzene rings is 2. The molecular formula is C33H45Cl2N7O2. The molecule has 238 valence electrons. The van der Waals surface area contributed by atoms with Crippen LogP contribution in [0.1, 0.15) is 107 Å². The molecule has 2 aliphatic rings. The number of unbranched alkanes of at least 4 members (excludes halogenated alkanes) is 2. The van der Waals surface area contributed by atoms with Gasteiger partial charge >= 0.3 is 0 Å². The van der Waals surface area contributed by atoms with Crippen LogP contribution in [0.3, 0.4) is 0 Å². The van der Waals surface area contributed by atoms with Gasteiger partial charge in [-0.05, 0) is 79.3 Å². The fourth-order valence-electron chi connectivity index (χ4n) is 6.51. The lowest BCUT2D eigenvalue weighted by Crippen LogP contribution is -2.51. The zero-order chi connectivity index (χ0) is 32.1. The summed E-state index contributed by atoms with van der Waals surface area (Å²) < 4.78 is 0. The van der Waals surface area contributed by atoms with Crippen LogP contribution in [0.2, 0.25) is 10.0 Å². The Balaban J connectivity index is 1.71. The van der Waals surface area contributed by atoms with Gasteiger partial charge in [0.2, 0.25) is 0 Å². The highest BCUT2D eigenvalue weighted by atomic mass is 35.5. The van der Waals surface area contributed by atoms with Crippen LogP contribution in [0.25, 0.3) is 0 Å². The molecule has 4 rings (SSSR count). The Hall–Kier alpha value is -3.14. The number of nitrogens with zero attached hydrogens (tertiary/aromatic N) is 3. The summed E-state index contributed by atoms with van der Waals surface area (Å²) >= 11 is 12.8. The Kier molecular flexibility index (Phi) is 11.0. The van der Waals surface area contributed by atoms with Crippen molar-refractivity contribution in [3.05, 3.63) is 69.2 Å². The van der Waals surface area contributed by atoms with E-state index < -0.39 is 5.66 Å². The molecule has 1 unspecified atom stereocenters. The van der Waals surface area contributed by atoms with Crippen molar-refractivity contribution >= 4 is 46.6 Å². The van der Waals surface area contributed by atoms with E-state index in [4.69, 9.17) is 39.8 Å². The molecule has 1 atom stereocenters. The van der Waals surface area contributed by atoms with Crippen LogP contribution < -0.4 is 22.4 Å². The largest absolute Gasteiger partial charge is 0.384 e. The lowest BCUT2D eigenvalue weighted by molar-refractivity contribution is -0.133. The third-order valence-electron chi connectivity index (χ3n) is 8.93. The van der Waals surface area contributed by atoms with Crippen LogP contribution in [0.4, 0.5) is 0 Å². The summed E-state index contributed by atoms with van der Waals surface area (Å²) in [6, 6.07) is 12.4. The van der Waals surface area contributed by atoms with E-state index in [9.17, 15) is 9.59 Å². The monoisotopic (exact) mass is 641 g/mol. The second kappa shape index (κ2) is 14.3. The van der Waals surface area contributed by atoms with E-state index >= 15 is 0 Å². The fourth-order valence-corrected chi connectivity index (χ4v) is 7.03. The second-order valence-corrected chi connectivity index (χ2v) is 13.8. The average Bonchev–Trinajstić information content (AvgIpc) is 3.24. The maximum atomic E-state index is 14.5. The van der Waals surface area contributed by atoms with Crippen molar-refractivity contribution < 1.29 is 9.59 Å². The first kappa shape index (κ1) is 33.7. The lowest BCUT2D eigenvalue weighted by Gasteiger charge is -2.47. The van der Waals surface area contributed by atoms with Gasteiger partial charge in [0.1, 0.15) is 17.2 Å². The number of nitrogens with one attached hydrogen (secondary N) is 2. The smallest absolute Gasteiger partial charge is 0.275 e. The van der Waals surface area contributed by atoms with Crippen molar-refractivity contribution in [3.8, 4) is 0 Å². The Labute approximate surface area is 270 Å². The van der Waals surface area contributed by atoms with Gasteiger partial charge in [-0.3, -0.25) is 14.6 Å². The number of rotatable bonds is 11. The standard InChI is InChI=1S/C33H45Cl2N7O2/c1-5-6-7-8-27(21-9-11-22(12-10-21)30(43)38-20-28(36)40-41-37)42-31(44)29(23-17-25(34)19-26(35)18-23)39-33(42)15-13-24(14-16-33)32(2,3)4/h9-12,17-19,24,27,41H,5-8,13-16,20,37H2,1-4H3,(H2,36,40)(H,38,43). The van der Waals surface area contributed by atoms with Gasteiger partial charge in [-0.1, -0.05) is 82.3 Å². The number of amides is 2. The zero-order valence-corrected chi connectivity index (χ0v) is 27.6. The maximum absolute atomic E-state index is 14.5. The Morgan fingerprint density at radius 1 is 1.11 bits per heavy atom. The second-order valence-electron chi connectivity index (χ2n) is 13.0. The van der Waals surface area contributed by atoms with Crippen LogP contribution in [0.5, 0.6) is 0 Å². The number of hydrogen-bond donors (Lipinski definition) is 4. The van der Waals surface area contributed by atoms with Crippen LogP contribution in [-0.2, 0) is 4.79 Å². The number of nitrogens with two attached hydrogens (primary N) is 2. The molecule has 11 heteroatoms. The van der Waals surface area contributed by atoms with Crippen LogP contribution in [-0.4, -0.2) is 40.5 Å². The zero-order valence-electron chi connectivity index (χ0n) is 26.1. The summed E-state index contributed by atoms with van der Waals surface area (Å²) in [5.41, 5.74) is 9.84. The van der Waals surface area contributed by atoms with Crippen molar-refractivity contribution in [3.63, 3.8) is 0 Å². The molecule has 0 radical (unpaired) electrons. The summed E-state index contributed by atoms with van der Waals surface area (Å²) in [5, 5.41) is 7.32. The number of aliphatic imine (C=N–C) groups is 1. The highest BCUT2D eigenvalue weighted by Crippen LogP contribution is 2.50. The minimum Gasteiger partial charge on any atom is -0.384 e. The molecule has 1 saturated carbocycles. The van der Waals surface area contributed by atoms with Crippen molar-refractivity contribution in [1.29, 1.82) is 0 Å². The van der Waals surface area contributed by atoms with Crippen LogP contribution >= 0.6 is 23.2 Å². The van der Waals surface area contributed by atoms with Crippen LogP contribution in [0.15, 0.2) is 52.6 Å². The fraction of sp³-hybridized carbons (Fsp3) is 0.515. The summed E-state index contributed by atoms with van der Waals surface area (Å²) in [6.45, 7) is 9.09. The number of carbonyl (C=O) groups is 2. The number of halogens is 2. The summed E-state index contributed by atoms with van der Waals surface area (Å²) in [4.78, 5) is 34.6. The third kappa shape index (κ3) is 7.73. The summed E-state index contributed by atoms with van der Waals surface area (Å²) in [5.74, 6) is 5.46. The van der Waals surface area contributed by atoms with Crippen molar-refractivity contribution in [2.24, 2.45) is 33.0 Å². The van der Waals surface area contributed by atoms with E-state index in [1.54, 1.807) is 30.3 Å². The van der Waals surface area contributed by atoms with Crippen molar-refractivity contribution in [1.82, 2.24) is 15.8 Å². The normalized spacial score (nSPS) is 21.4. The van der Waals surface area contributed by atoms with Gasteiger partial charge in [-0.15, -0.1) is 0 Å². The summed E-state index contributed by atoms with van der Waals surface area (Å²) in [7, 11) is 0. The Morgan fingerprint density at radius 2 is 1.75 bits per heavy atom. The topological polar surface area (TPSA) is 138 Å². The lowest BCUT2D eigenvalue weighted by atomic mass is 9.69. The molecular weight excluding hydrogens is 597 g/mol. The molecule has 9 nitrogen and oxygen atoms in total. The molecule has 0 bridgehead atoms. The molecule has 44 heavy (non-hydrogen) atoms. The van der Waals surface area contributed by atoms with E-state index in [-0.39, 0.29) is 35.7 Å². The number of hydrazone groups is 1. The highest BCUT2D eigenvalue weighted by molar-refractivity contribution is 6.47. The van der Waals surface area contributed by atoms with Crippen molar-refractivity contribution in [2.75, 3.05) is 6.54 Å². The quantitative estimate of drug-likeness (QED) is 0.0745. The number of carbonyl (C=O) groups excluding carboxylic acids is 2. The average molecular weight is 643 g/mol.